The van der Waals surface area contributed by atoms with E-state index in [1.165, 1.54) is 37.9 Å². The zero-order valence-corrected chi connectivity index (χ0v) is 18.1. The highest BCUT2D eigenvalue weighted by Gasteiger charge is 2.16. The van der Waals surface area contributed by atoms with Gasteiger partial charge in [0.2, 0.25) is 0 Å². The Morgan fingerprint density at radius 3 is 2.60 bits per heavy atom. The van der Waals surface area contributed by atoms with E-state index in [1.54, 1.807) is 0 Å². The van der Waals surface area contributed by atoms with Crippen LogP contribution in [0.4, 0.5) is 5.69 Å². The minimum Gasteiger partial charge on any atom is -0.492 e. The number of anilines is 1. The molecule has 0 aliphatic carbocycles. The van der Waals surface area contributed by atoms with Crippen LogP contribution in [0.2, 0.25) is 0 Å². The van der Waals surface area contributed by atoms with Gasteiger partial charge >= 0.3 is 0 Å². The SMILES string of the molecule is Cc1cc(CNc2ccc(OCCN3CCCC3)cc2)ccc1OC1CCCCO1. The van der Waals surface area contributed by atoms with Crippen LogP contribution in [-0.2, 0) is 11.3 Å². The summed E-state index contributed by atoms with van der Waals surface area (Å²) in [6.45, 7) is 7.87. The number of ether oxygens (including phenoxy) is 3. The summed E-state index contributed by atoms with van der Waals surface area (Å²) >= 11 is 0. The van der Waals surface area contributed by atoms with Crippen molar-refractivity contribution in [1.82, 2.24) is 4.90 Å². The van der Waals surface area contributed by atoms with Crippen molar-refractivity contribution >= 4 is 5.69 Å². The van der Waals surface area contributed by atoms with Crippen molar-refractivity contribution in [3.8, 4) is 11.5 Å². The molecular weight excluding hydrogens is 376 g/mol. The Hall–Kier alpha value is -2.24. The van der Waals surface area contributed by atoms with Crippen molar-refractivity contribution in [3.05, 3.63) is 53.6 Å². The molecule has 1 atom stereocenters. The monoisotopic (exact) mass is 410 g/mol. The smallest absolute Gasteiger partial charge is 0.199 e. The highest BCUT2D eigenvalue weighted by Crippen LogP contribution is 2.24. The summed E-state index contributed by atoms with van der Waals surface area (Å²) in [6, 6.07) is 14.6. The van der Waals surface area contributed by atoms with E-state index >= 15 is 0 Å². The van der Waals surface area contributed by atoms with Gasteiger partial charge in [-0.3, -0.25) is 4.90 Å². The second-order valence-electron chi connectivity index (χ2n) is 8.29. The zero-order valence-electron chi connectivity index (χ0n) is 18.1. The second kappa shape index (κ2) is 10.7. The van der Waals surface area contributed by atoms with Crippen molar-refractivity contribution in [2.45, 2.75) is 51.9 Å². The van der Waals surface area contributed by atoms with Crippen LogP contribution < -0.4 is 14.8 Å². The first-order valence-corrected chi connectivity index (χ1v) is 11.3. The van der Waals surface area contributed by atoms with Crippen LogP contribution in [0.1, 0.15) is 43.2 Å². The van der Waals surface area contributed by atoms with E-state index in [-0.39, 0.29) is 6.29 Å². The second-order valence-corrected chi connectivity index (χ2v) is 8.29. The maximum Gasteiger partial charge on any atom is 0.199 e. The first-order valence-electron chi connectivity index (χ1n) is 11.3. The predicted molar refractivity (Wildman–Crippen MR) is 120 cm³/mol. The van der Waals surface area contributed by atoms with E-state index in [9.17, 15) is 0 Å². The molecule has 0 aromatic heterocycles. The lowest BCUT2D eigenvalue weighted by atomic mass is 10.1. The number of hydrogen-bond donors (Lipinski definition) is 1. The molecule has 0 amide bonds. The fourth-order valence-corrected chi connectivity index (χ4v) is 4.07. The van der Waals surface area contributed by atoms with Crippen molar-refractivity contribution in [1.29, 1.82) is 0 Å². The Morgan fingerprint density at radius 2 is 1.87 bits per heavy atom. The van der Waals surface area contributed by atoms with Gasteiger partial charge < -0.3 is 19.5 Å². The largest absolute Gasteiger partial charge is 0.492 e. The molecule has 5 heteroatoms. The summed E-state index contributed by atoms with van der Waals surface area (Å²) in [5.41, 5.74) is 3.47. The molecule has 162 valence electrons. The fourth-order valence-electron chi connectivity index (χ4n) is 4.07. The van der Waals surface area contributed by atoms with Crippen LogP contribution in [0.15, 0.2) is 42.5 Å². The van der Waals surface area contributed by atoms with Gasteiger partial charge in [-0.1, -0.05) is 12.1 Å². The molecule has 0 spiro atoms. The molecule has 2 aliphatic heterocycles. The van der Waals surface area contributed by atoms with Crippen LogP contribution >= 0.6 is 0 Å². The minimum absolute atomic E-state index is 0.0995. The molecule has 1 N–H and O–H groups in total. The zero-order chi connectivity index (χ0) is 20.6. The molecule has 30 heavy (non-hydrogen) atoms. The maximum absolute atomic E-state index is 6.02. The van der Waals surface area contributed by atoms with E-state index in [4.69, 9.17) is 14.2 Å². The van der Waals surface area contributed by atoms with Crippen molar-refractivity contribution < 1.29 is 14.2 Å². The van der Waals surface area contributed by atoms with Gasteiger partial charge in [0.05, 0.1) is 6.61 Å². The van der Waals surface area contributed by atoms with Gasteiger partial charge in [-0.15, -0.1) is 0 Å². The Labute approximate surface area is 180 Å². The minimum atomic E-state index is -0.0995. The third-order valence-corrected chi connectivity index (χ3v) is 5.86. The lowest BCUT2D eigenvalue weighted by Crippen LogP contribution is -2.25. The van der Waals surface area contributed by atoms with Crippen LogP contribution in [0.25, 0.3) is 0 Å². The molecule has 2 aromatic rings. The van der Waals surface area contributed by atoms with E-state index in [0.29, 0.717) is 0 Å². The lowest BCUT2D eigenvalue weighted by molar-refractivity contribution is -0.106. The lowest BCUT2D eigenvalue weighted by Gasteiger charge is -2.24. The highest BCUT2D eigenvalue weighted by atomic mass is 16.7. The van der Waals surface area contributed by atoms with Crippen molar-refractivity contribution in [2.24, 2.45) is 0 Å². The molecule has 5 nitrogen and oxygen atoms in total. The van der Waals surface area contributed by atoms with Gasteiger partial charge in [0.1, 0.15) is 18.1 Å². The molecule has 1 unspecified atom stereocenters. The summed E-state index contributed by atoms with van der Waals surface area (Å²) in [4.78, 5) is 2.47. The van der Waals surface area contributed by atoms with E-state index in [0.717, 1.165) is 61.9 Å². The van der Waals surface area contributed by atoms with Crippen LogP contribution in [0, 0.1) is 6.92 Å². The molecule has 0 radical (unpaired) electrons. The molecular formula is C25H34N2O3. The highest BCUT2D eigenvalue weighted by molar-refractivity contribution is 5.47. The number of likely N-dealkylation sites (tertiary alicyclic amines) is 1. The van der Waals surface area contributed by atoms with E-state index < -0.39 is 0 Å². The Bertz CT molecular complexity index is 781. The average molecular weight is 411 g/mol. The number of nitrogens with one attached hydrogen (secondary N) is 1. The number of nitrogens with zero attached hydrogens (tertiary/aromatic N) is 1. The van der Waals surface area contributed by atoms with Crippen LogP contribution in [0.5, 0.6) is 11.5 Å². The number of rotatable bonds is 9. The topological polar surface area (TPSA) is 43.0 Å². The number of aryl methyl sites for hydroxylation is 1. The Balaban J connectivity index is 1.22. The summed E-state index contributed by atoms with van der Waals surface area (Å²) in [5, 5.41) is 3.49. The fraction of sp³-hybridized carbons (Fsp3) is 0.520. The normalized spacial score (nSPS) is 19.6. The molecule has 2 aliphatic rings. The third-order valence-electron chi connectivity index (χ3n) is 5.86. The summed E-state index contributed by atoms with van der Waals surface area (Å²) < 4.78 is 17.6. The van der Waals surface area contributed by atoms with Crippen LogP contribution in [-0.4, -0.2) is 44.0 Å². The summed E-state index contributed by atoms with van der Waals surface area (Å²) in [7, 11) is 0. The summed E-state index contributed by atoms with van der Waals surface area (Å²) in [6.07, 6.45) is 5.83. The van der Waals surface area contributed by atoms with Gasteiger partial charge in [0.15, 0.2) is 6.29 Å². The molecule has 2 saturated heterocycles. The third kappa shape index (κ3) is 6.13. The summed E-state index contributed by atoms with van der Waals surface area (Å²) in [5.74, 6) is 1.85. The van der Waals surface area contributed by atoms with Crippen LogP contribution in [0.3, 0.4) is 0 Å². The first kappa shape index (κ1) is 21.0. The van der Waals surface area contributed by atoms with Gasteiger partial charge in [-0.05, 0) is 87.2 Å². The molecule has 2 fully saturated rings. The molecule has 2 heterocycles. The molecule has 0 saturated carbocycles. The molecule has 2 aromatic carbocycles. The van der Waals surface area contributed by atoms with Gasteiger partial charge in [0.25, 0.3) is 0 Å². The Kier molecular flexibility index (Phi) is 7.49. The average Bonchev–Trinajstić information content (AvgIpc) is 3.29. The van der Waals surface area contributed by atoms with E-state index in [2.05, 4.69) is 47.5 Å². The van der Waals surface area contributed by atoms with Crippen molar-refractivity contribution in [3.63, 3.8) is 0 Å². The first-order chi connectivity index (χ1) is 14.8. The standard InChI is InChI=1S/C25H34N2O3/c1-20-18-21(7-12-24(20)30-25-6-2-5-16-29-25)19-26-22-8-10-23(11-9-22)28-17-15-27-13-3-4-14-27/h7-12,18,25-26H,2-6,13-17,19H2,1H3. The van der Waals surface area contributed by atoms with Gasteiger partial charge in [-0.2, -0.15) is 0 Å². The Morgan fingerprint density at radius 1 is 1.03 bits per heavy atom. The van der Waals surface area contributed by atoms with Gasteiger partial charge in [0, 0.05) is 25.2 Å². The number of hydrogen-bond acceptors (Lipinski definition) is 5. The molecule has 4 rings (SSSR count). The number of benzene rings is 2. The molecule has 0 bridgehead atoms. The van der Waals surface area contributed by atoms with Gasteiger partial charge in [-0.25, -0.2) is 0 Å². The quantitative estimate of drug-likeness (QED) is 0.631. The van der Waals surface area contributed by atoms with Crippen molar-refractivity contribution in [2.75, 3.05) is 38.2 Å². The maximum atomic E-state index is 6.02. The predicted octanol–water partition coefficient (Wildman–Crippen LogP) is 4.99. The van der Waals surface area contributed by atoms with E-state index in [1.807, 2.05) is 12.1 Å².